The number of rotatable bonds is 5. The number of aromatic hydroxyl groups is 1. The topological polar surface area (TPSA) is 91.8 Å². The maximum absolute atomic E-state index is 11.7. The highest BCUT2D eigenvalue weighted by Gasteiger charge is 2.34. The molecule has 104 valence electrons. The number of nitrogens with one attached hydrogen (secondary N) is 1. The second kappa shape index (κ2) is 5.87. The third kappa shape index (κ3) is 3.34. The van der Waals surface area contributed by atoms with Gasteiger partial charge < -0.3 is 20.1 Å². The molecule has 19 heavy (non-hydrogen) atoms. The Hall–Kier alpha value is -1.83. The zero-order valence-electron chi connectivity index (χ0n) is 10.5. The van der Waals surface area contributed by atoms with Crippen molar-refractivity contribution in [2.45, 2.75) is 6.42 Å². The lowest BCUT2D eigenvalue weighted by molar-refractivity contribution is -0.140. The predicted molar refractivity (Wildman–Crippen MR) is 69.1 cm³/mol. The van der Waals surface area contributed by atoms with Crippen LogP contribution in [0, 0.1) is 5.92 Å². The minimum Gasteiger partial charge on any atom is -0.493 e. The number of thiazole rings is 1. The van der Waals surface area contributed by atoms with Gasteiger partial charge in [-0.05, 0) is 0 Å². The molecule has 0 spiro atoms. The average Bonchev–Trinajstić information content (AvgIpc) is 2.73. The summed E-state index contributed by atoms with van der Waals surface area (Å²) in [5, 5.41) is 14.1. The average molecular weight is 285 g/mol. The molecule has 0 saturated carbocycles. The number of methoxy groups -OCH3 is 1. The molecule has 7 nitrogen and oxygen atoms in total. The fraction of sp³-hybridized carbons (Fsp3) is 0.545. The number of amides is 1. The van der Waals surface area contributed by atoms with Gasteiger partial charge in [-0.3, -0.25) is 9.59 Å². The van der Waals surface area contributed by atoms with E-state index < -0.39 is 0 Å². The molecule has 1 aromatic heterocycles. The molecule has 1 aromatic rings. The van der Waals surface area contributed by atoms with Crippen LogP contribution in [0.5, 0.6) is 5.88 Å². The van der Waals surface area contributed by atoms with Gasteiger partial charge in [-0.15, -0.1) is 11.3 Å². The van der Waals surface area contributed by atoms with E-state index in [2.05, 4.69) is 15.0 Å². The molecule has 1 aliphatic heterocycles. The number of esters is 1. The van der Waals surface area contributed by atoms with Crippen molar-refractivity contribution in [2.75, 3.05) is 31.6 Å². The first kappa shape index (κ1) is 13.6. The van der Waals surface area contributed by atoms with Gasteiger partial charge in [0.25, 0.3) is 0 Å². The second-order valence-corrected chi connectivity index (χ2v) is 5.04. The maximum Gasteiger partial charge on any atom is 0.307 e. The van der Waals surface area contributed by atoms with E-state index in [9.17, 15) is 9.59 Å². The highest BCUT2D eigenvalue weighted by molar-refractivity contribution is 7.13. The molecule has 1 fully saturated rings. The Morgan fingerprint density at radius 2 is 2.37 bits per heavy atom. The van der Waals surface area contributed by atoms with Gasteiger partial charge in [-0.2, -0.15) is 4.98 Å². The number of carbonyl (C=O) groups is 2. The normalized spacial score (nSPS) is 14.9. The van der Waals surface area contributed by atoms with Crippen LogP contribution in [0.4, 0.5) is 5.13 Å². The third-order valence-corrected chi connectivity index (χ3v) is 3.75. The zero-order valence-corrected chi connectivity index (χ0v) is 11.3. The fourth-order valence-corrected chi connectivity index (χ4v) is 2.44. The van der Waals surface area contributed by atoms with Crippen molar-refractivity contribution in [3.8, 4) is 5.88 Å². The molecular formula is C11H15N3O4S. The minimum atomic E-state index is -0.339. The fourth-order valence-electron chi connectivity index (χ4n) is 1.74. The summed E-state index contributed by atoms with van der Waals surface area (Å²) >= 11 is 1.34. The van der Waals surface area contributed by atoms with Gasteiger partial charge in [0.05, 0.1) is 24.8 Å². The van der Waals surface area contributed by atoms with Gasteiger partial charge in [0, 0.05) is 19.6 Å². The molecule has 2 rings (SSSR count). The van der Waals surface area contributed by atoms with Crippen molar-refractivity contribution >= 4 is 28.3 Å². The molecule has 0 unspecified atom stereocenters. The minimum absolute atomic E-state index is 0.00554. The summed E-state index contributed by atoms with van der Waals surface area (Å²) in [4.78, 5) is 28.5. The molecular weight excluding hydrogens is 270 g/mol. The van der Waals surface area contributed by atoms with Crippen molar-refractivity contribution in [1.82, 2.24) is 10.3 Å². The number of nitrogens with zero attached hydrogens (tertiary/aromatic N) is 2. The molecule has 1 saturated heterocycles. The SMILES string of the molecule is COC(=O)CCNC(=O)C1CN(c2nc(O)cs2)C1. The monoisotopic (exact) mass is 285 g/mol. The molecule has 2 heterocycles. The lowest BCUT2D eigenvalue weighted by Gasteiger charge is -2.37. The summed E-state index contributed by atoms with van der Waals surface area (Å²) in [6, 6.07) is 0. The van der Waals surface area contributed by atoms with E-state index in [4.69, 9.17) is 5.11 Å². The van der Waals surface area contributed by atoms with Crippen LogP contribution in [0.15, 0.2) is 5.38 Å². The van der Waals surface area contributed by atoms with Crippen LogP contribution >= 0.6 is 11.3 Å². The Bertz CT molecular complexity index is 470. The van der Waals surface area contributed by atoms with Gasteiger partial charge >= 0.3 is 5.97 Å². The molecule has 1 aliphatic rings. The molecule has 8 heteroatoms. The van der Waals surface area contributed by atoms with Gasteiger partial charge in [-0.25, -0.2) is 0 Å². The third-order valence-electron chi connectivity index (χ3n) is 2.86. The molecule has 0 atom stereocenters. The second-order valence-electron chi connectivity index (χ2n) is 4.21. The van der Waals surface area contributed by atoms with E-state index in [0.29, 0.717) is 19.6 Å². The molecule has 0 bridgehead atoms. The van der Waals surface area contributed by atoms with Crippen LogP contribution in [-0.2, 0) is 14.3 Å². The lowest BCUT2D eigenvalue weighted by atomic mass is 10.00. The first-order chi connectivity index (χ1) is 9.10. The number of hydrogen-bond acceptors (Lipinski definition) is 7. The standard InChI is InChI=1S/C11H15N3O4S/c1-18-9(16)2-3-12-10(17)7-4-14(5-7)11-13-8(15)6-19-11/h6-7,15H,2-5H2,1H3,(H,12,17). The van der Waals surface area contributed by atoms with Crippen LogP contribution in [0.25, 0.3) is 0 Å². The van der Waals surface area contributed by atoms with Crippen molar-refractivity contribution < 1.29 is 19.4 Å². The summed E-state index contributed by atoms with van der Waals surface area (Å²) in [7, 11) is 1.32. The van der Waals surface area contributed by atoms with E-state index in [0.717, 1.165) is 5.13 Å². The summed E-state index contributed by atoms with van der Waals surface area (Å²) in [5.41, 5.74) is 0. The Balaban J connectivity index is 1.68. The van der Waals surface area contributed by atoms with Crippen molar-refractivity contribution in [3.05, 3.63) is 5.38 Å². The smallest absolute Gasteiger partial charge is 0.307 e. The Morgan fingerprint density at radius 1 is 1.63 bits per heavy atom. The van der Waals surface area contributed by atoms with E-state index in [1.165, 1.54) is 18.4 Å². The summed E-state index contributed by atoms with van der Waals surface area (Å²) in [6.07, 6.45) is 0.180. The van der Waals surface area contributed by atoms with E-state index in [-0.39, 0.29) is 30.1 Å². The number of anilines is 1. The first-order valence-corrected chi connectivity index (χ1v) is 6.72. The van der Waals surface area contributed by atoms with Gasteiger partial charge in [0.15, 0.2) is 5.13 Å². The highest BCUT2D eigenvalue weighted by atomic mass is 32.1. The van der Waals surface area contributed by atoms with E-state index >= 15 is 0 Å². The Morgan fingerprint density at radius 3 is 2.95 bits per heavy atom. The van der Waals surface area contributed by atoms with Gasteiger partial charge in [0.2, 0.25) is 11.8 Å². The van der Waals surface area contributed by atoms with Gasteiger partial charge in [0.1, 0.15) is 0 Å². The van der Waals surface area contributed by atoms with Crippen molar-refractivity contribution in [2.24, 2.45) is 5.92 Å². The molecule has 0 radical (unpaired) electrons. The van der Waals surface area contributed by atoms with Crippen molar-refractivity contribution in [1.29, 1.82) is 0 Å². The summed E-state index contributed by atoms with van der Waals surface area (Å²) in [5.74, 6) is -0.496. The quantitative estimate of drug-likeness (QED) is 0.738. The predicted octanol–water partition coefficient (Wildman–Crippen LogP) is -0.0358. The van der Waals surface area contributed by atoms with Crippen LogP contribution in [0.2, 0.25) is 0 Å². The van der Waals surface area contributed by atoms with E-state index in [1.807, 2.05) is 4.90 Å². The maximum atomic E-state index is 11.7. The molecule has 0 aliphatic carbocycles. The summed E-state index contributed by atoms with van der Waals surface area (Å²) < 4.78 is 4.48. The van der Waals surface area contributed by atoms with Crippen LogP contribution < -0.4 is 10.2 Å². The van der Waals surface area contributed by atoms with Crippen LogP contribution in [0.3, 0.4) is 0 Å². The highest BCUT2D eigenvalue weighted by Crippen LogP contribution is 2.29. The van der Waals surface area contributed by atoms with Crippen molar-refractivity contribution in [3.63, 3.8) is 0 Å². The van der Waals surface area contributed by atoms with Gasteiger partial charge in [-0.1, -0.05) is 0 Å². The number of carbonyl (C=O) groups excluding carboxylic acids is 2. The molecule has 1 amide bonds. The zero-order chi connectivity index (χ0) is 13.8. The number of hydrogen-bond donors (Lipinski definition) is 2. The molecule has 0 aromatic carbocycles. The number of aromatic nitrogens is 1. The largest absolute Gasteiger partial charge is 0.493 e. The van der Waals surface area contributed by atoms with Crippen LogP contribution in [0.1, 0.15) is 6.42 Å². The summed E-state index contributed by atoms with van der Waals surface area (Å²) in [6.45, 7) is 1.45. The Kier molecular flexibility index (Phi) is 4.20. The van der Waals surface area contributed by atoms with Crippen LogP contribution in [-0.4, -0.2) is 48.7 Å². The molecule has 2 N–H and O–H groups in total. The lowest BCUT2D eigenvalue weighted by Crippen LogP contribution is -2.54. The Labute approximate surface area is 114 Å². The number of ether oxygens (including phenoxy) is 1. The first-order valence-electron chi connectivity index (χ1n) is 5.84. The van der Waals surface area contributed by atoms with E-state index in [1.54, 1.807) is 5.38 Å².